The second-order valence-electron chi connectivity index (χ2n) is 3.99. The molecule has 0 aromatic carbocycles. The van der Waals surface area contributed by atoms with Gasteiger partial charge in [-0.05, 0) is 27.7 Å². The summed E-state index contributed by atoms with van der Waals surface area (Å²) < 4.78 is 0. The molecule has 1 saturated heterocycles. The van der Waals surface area contributed by atoms with E-state index in [1.165, 1.54) is 0 Å². The second kappa shape index (κ2) is 2.11. The molecule has 0 N–H and O–H groups in total. The van der Waals surface area contributed by atoms with Crippen LogP contribution in [0.3, 0.4) is 0 Å². The summed E-state index contributed by atoms with van der Waals surface area (Å²) in [7, 11) is 0. The molecule has 0 bridgehead atoms. The van der Waals surface area contributed by atoms with E-state index in [2.05, 4.69) is 0 Å². The van der Waals surface area contributed by atoms with E-state index in [9.17, 15) is 15.2 Å². The van der Waals surface area contributed by atoms with Gasteiger partial charge in [-0.15, -0.1) is 0 Å². The molecule has 0 atom stereocenters. The fourth-order valence-electron chi connectivity index (χ4n) is 1.06. The Morgan fingerprint density at radius 2 is 1.58 bits per heavy atom. The zero-order valence-corrected chi connectivity index (χ0v) is 7.62. The van der Waals surface area contributed by atoms with Gasteiger partial charge in [0.1, 0.15) is 0 Å². The van der Waals surface area contributed by atoms with Crippen molar-refractivity contribution >= 4 is 6.03 Å². The van der Waals surface area contributed by atoms with Crippen molar-refractivity contribution in [2.24, 2.45) is 0 Å². The summed E-state index contributed by atoms with van der Waals surface area (Å²) in [5.41, 5.74) is -1.93. The number of hydrogen-bond donors (Lipinski definition) is 0. The van der Waals surface area contributed by atoms with Gasteiger partial charge in [0.05, 0.1) is 11.1 Å². The quantitative estimate of drug-likeness (QED) is 0.549. The lowest BCUT2D eigenvalue weighted by molar-refractivity contribution is -0.165. The van der Waals surface area contributed by atoms with Gasteiger partial charge < -0.3 is 10.3 Å². The molecule has 0 unspecified atom stereocenters. The van der Waals surface area contributed by atoms with Crippen LogP contribution in [0.5, 0.6) is 0 Å². The number of hydroxylamine groups is 4. The topological polar surface area (TPSA) is 66.5 Å². The standard InChI is InChI=1S/C7H12N2O3/c1-6(2)7(3,4)9(12)5(10)8(6)11/h1-4H3/q-1. The molecule has 12 heavy (non-hydrogen) atoms. The Kier molecular flexibility index (Phi) is 1.63. The van der Waals surface area contributed by atoms with Crippen molar-refractivity contribution in [2.45, 2.75) is 38.8 Å². The predicted molar refractivity (Wildman–Crippen MR) is 41.3 cm³/mol. The first-order valence-electron chi connectivity index (χ1n) is 3.71. The lowest BCUT2D eigenvalue weighted by atomic mass is 9.84. The van der Waals surface area contributed by atoms with Crippen molar-refractivity contribution < 1.29 is 10.0 Å². The van der Waals surface area contributed by atoms with E-state index in [0.29, 0.717) is 0 Å². The van der Waals surface area contributed by atoms with Gasteiger partial charge >= 0.3 is 6.03 Å². The van der Waals surface area contributed by atoms with Crippen LogP contribution in [0, 0.1) is 5.21 Å². The molecule has 2 amide bonds. The summed E-state index contributed by atoms with van der Waals surface area (Å²) in [6.45, 7) is 6.32. The zero-order valence-electron chi connectivity index (χ0n) is 7.62. The van der Waals surface area contributed by atoms with Crippen LogP contribution in [0.1, 0.15) is 27.7 Å². The number of carbonyl (C=O) groups is 1. The third-order valence-corrected chi connectivity index (χ3v) is 2.86. The van der Waals surface area contributed by atoms with Gasteiger partial charge in [-0.25, -0.2) is 4.79 Å². The van der Waals surface area contributed by atoms with Gasteiger partial charge in [0.25, 0.3) is 0 Å². The Balaban J connectivity index is 3.14. The normalized spacial score (nSPS) is 26.7. The predicted octanol–water partition coefficient (Wildman–Crippen LogP) is 1.12. The SMILES string of the molecule is CC1(C)N([O])C(=O)N([O-])C1(C)C. The van der Waals surface area contributed by atoms with E-state index < -0.39 is 17.1 Å². The molecule has 0 aromatic heterocycles. The minimum absolute atomic E-state index is 0.236. The number of rotatable bonds is 0. The highest BCUT2D eigenvalue weighted by molar-refractivity contribution is 5.78. The van der Waals surface area contributed by atoms with Crippen molar-refractivity contribution in [3.05, 3.63) is 5.21 Å². The maximum absolute atomic E-state index is 11.2. The lowest BCUT2D eigenvalue weighted by Crippen LogP contribution is -2.51. The molecule has 0 spiro atoms. The monoisotopic (exact) mass is 172 g/mol. The first-order valence-corrected chi connectivity index (χ1v) is 3.71. The Hall–Kier alpha value is -0.810. The molecule has 1 aliphatic heterocycles. The fourth-order valence-corrected chi connectivity index (χ4v) is 1.06. The van der Waals surface area contributed by atoms with Gasteiger partial charge in [-0.2, -0.15) is 5.06 Å². The molecule has 0 aliphatic carbocycles. The Labute approximate surface area is 71.1 Å². The molecule has 0 saturated carbocycles. The highest BCUT2D eigenvalue weighted by atomic mass is 16.6. The number of carbonyl (C=O) groups excluding carboxylic acids is 1. The van der Waals surface area contributed by atoms with Crippen LogP contribution in [-0.2, 0) is 5.21 Å². The van der Waals surface area contributed by atoms with E-state index in [1.807, 2.05) is 0 Å². The first kappa shape index (κ1) is 9.28. The van der Waals surface area contributed by atoms with E-state index in [4.69, 9.17) is 0 Å². The molecular formula is C7H12N2O3-. The molecule has 69 valence electrons. The van der Waals surface area contributed by atoms with Gasteiger partial charge in [-0.3, -0.25) is 0 Å². The zero-order chi connectivity index (χ0) is 9.73. The Morgan fingerprint density at radius 1 is 1.17 bits per heavy atom. The van der Waals surface area contributed by atoms with Crippen LogP contribution in [0.4, 0.5) is 4.79 Å². The van der Waals surface area contributed by atoms with E-state index in [1.54, 1.807) is 27.7 Å². The summed E-state index contributed by atoms with van der Waals surface area (Å²) in [5.74, 6) is 0. The maximum atomic E-state index is 11.2. The fraction of sp³-hybridized carbons (Fsp3) is 0.857. The van der Waals surface area contributed by atoms with Gasteiger partial charge in [0.15, 0.2) is 0 Å². The molecule has 1 fully saturated rings. The number of nitrogens with zero attached hydrogens (tertiary/aromatic N) is 2. The summed E-state index contributed by atoms with van der Waals surface area (Å²) in [6.07, 6.45) is 0. The van der Waals surface area contributed by atoms with Crippen LogP contribution < -0.4 is 0 Å². The van der Waals surface area contributed by atoms with Gasteiger partial charge in [-0.1, -0.05) is 5.21 Å². The molecule has 5 nitrogen and oxygen atoms in total. The molecule has 1 rings (SSSR count). The molecule has 5 heteroatoms. The average molecular weight is 172 g/mol. The van der Waals surface area contributed by atoms with Gasteiger partial charge in [0.2, 0.25) is 0 Å². The minimum Gasteiger partial charge on any atom is -0.754 e. The summed E-state index contributed by atoms with van der Waals surface area (Å²) in [4.78, 5) is 11.0. The smallest absolute Gasteiger partial charge is 0.336 e. The Morgan fingerprint density at radius 3 is 1.67 bits per heavy atom. The largest absolute Gasteiger partial charge is 0.754 e. The van der Waals surface area contributed by atoms with E-state index in [0.717, 1.165) is 0 Å². The molecule has 1 radical (unpaired) electrons. The average Bonchev–Trinajstić information content (AvgIpc) is 2.05. The van der Waals surface area contributed by atoms with Gasteiger partial charge in [0, 0.05) is 0 Å². The summed E-state index contributed by atoms with van der Waals surface area (Å²) >= 11 is 0. The third kappa shape index (κ3) is 0.776. The highest BCUT2D eigenvalue weighted by Crippen LogP contribution is 2.39. The summed E-state index contributed by atoms with van der Waals surface area (Å²) in [6, 6.07) is -1.01. The van der Waals surface area contributed by atoms with Crippen LogP contribution in [-0.4, -0.2) is 27.2 Å². The number of hydrogen-bond acceptors (Lipinski definition) is 2. The third-order valence-electron chi connectivity index (χ3n) is 2.86. The number of amides is 2. The van der Waals surface area contributed by atoms with Crippen molar-refractivity contribution in [3.8, 4) is 0 Å². The van der Waals surface area contributed by atoms with Crippen molar-refractivity contribution in [2.75, 3.05) is 0 Å². The lowest BCUT2D eigenvalue weighted by Gasteiger charge is -2.42. The molecular weight excluding hydrogens is 160 g/mol. The molecule has 1 heterocycles. The molecule has 0 aromatic rings. The van der Waals surface area contributed by atoms with Crippen molar-refractivity contribution in [1.29, 1.82) is 0 Å². The molecule has 1 aliphatic rings. The van der Waals surface area contributed by atoms with Crippen LogP contribution in [0.15, 0.2) is 0 Å². The van der Waals surface area contributed by atoms with Crippen LogP contribution >= 0.6 is 0 Å². The van der Waals surface area contributed by atoms with Crippen LogP contribution in [0.2, 0.25) is 0 Å². The first-order chi connectivity index (χ1) is 5.23. The van der Waals surface area contributed by atoms with E-state index in [-0.39, 0.29) is 10.1 Å². The minimum atomic E-state index is -1.01. The van der Waals surface area contributed by atoms with Crippen LogP contribution in [0.25, 0.3) is 0 Å². The van der Waals surface area contributed by atoms with E-state index >= 15 is 0 Å². The number of urea groups is 1. The maximum Gasteiger partial charge on any atom is 0.336 e. The summed E-state index contributed by atoms with van der Waals surface area (Å²) in [5, 5.41) is 22.8. The highest BCUT2D eigenvalue weighted by Gasteiger charge is 2.54. The van der Waals surface area contributed by atoms with Crippen molar-refractivity contribution in [3.63, 3.8) is 0 Å². The van der Waals surface area contributed by atoms with Crippen molar-refractivity contribution in [1.82, 2.24) is 10.1 Å². The second-order valence-corrected chi connectivity index (χ2v) is 3.99. The Bertz CT molecular complexity index is 203.